The maximum atomic E-state index is 13.1. The number of methoxy groups -OCH3 is 1. The minimum atomic E-state index is -0.783. The molecule has 0 radical (unpaired) electrons. The Hall–Kier alpha value is -1.91. The van der Waals surface area contributed by atoms with Gasteiger partial charge in [0.25, 0.3) is 0 Å². The molecule has 0 fully saturated rings. The number of halogens is 2. The van der Waals surface area contributed by atoms with Gasteiger partial charge < -0.3 is 9.47 Å². The smallest absolute Gasteiger partial charge is 0.333 e. The Kier molecular flexibility index (Phi) is 4.63. The second kappa shape index (κ2) is 5.98. The van der Waals surface area contributed by atoms with Gasteiger partial charge in [0, 0.05) is 5.57 Å². The van der Waals surface area contributed by atoms with E-state index in [2.05, 4.69) is 4.74 Å². The lowest BCUT2D eigenvalue weighted by atomic mass is 10.3. The second-order valence-electron chi connectivity index (χ2n) is 3.24. The molecule has 0 unspecified atom stereocenters. The Balaban J connectivity index is 2.66. The van der Waals surface area contributed by atoms with Gasteiger partial charge in [-0.15, -0.1) is 0 Å². The predicted molar refractivity (Wildman–Crippen MR) is 57.6 cm³/mol. The highest BCUT2D eigenvalue weighted by Crippen LogP contribution is 2.20. The minimum absolute atomic E-state index is 0.112. The zero-order valence-corrected chi connectivity index (χ0v) is 9.50. The number of para-hydroxylation sites is 1. The third-order valence-electron chi connectivity index (χ3n) is 2.04. The summed E-state index contributed by atoms with van der Waals surface area (Å²) in [7, 11) is 1.25. The molecule has 92 valence electrons. The van der Waals surface area contributed by atoms with E-state index in [1.165, 1.54) is 26.2 Å². The zero-order valence-electron chi connectivity index (χ0n) is 9.50. The Morgan fingerprint density at radius 3 is 2.47 bits per heavy atom. The first kappa shape index (κ1) is 13.2. The highest BCUT2D eigenvalue weighted by Gasteiger charge is 2.09. The van der Waals surface area contributed by atoms with Crippen LogP contribution in [0, 0.1) is 11.6 Å². The van der Waals surface area contributed by atoms with Crippen molar-refractivity contribution >= 4 is 5.97 Å². The lowest BCUT2D eigenvalue weighted by Crippen LogP contribution is -2.05. The van der Waals surface area contributed by atoms with Gasteiger partial charge in [-0.25, -0.2) is 13.6 Å². The van der Waals surface area contributed by atoms with Crippen molar-refractivity contribution in [3.63, 3.8) is 0 Å². The molecular formula is C12H12F2O3. The van der Waals surface area contributed by atoms with Crippen molar-refractivity contribution in [1.82, 2.24) is 0 Å². The molecule has 0 saturated heterocycles. The van der Waals surface area contributed by atoms with Gasteiger partial charge >= 0.3 is 5.97 Å². The van der Waals surface area contributed by atoms with Gasteiger partial charge in [-0.05, 0) is 25.1 Å². The molecule has 0 spiro atoms. The van der Waals surface area contributed by atoms with Gasteiger partial charge in [0.1, 0.15) is 6.61 Å². The average molecular weight is 242 g/mol. The first-order chi connectivity index (χ1) is 8.06. The van der Waals surface area contributed by atoms with Crippen molar-refractivity contribution in [2.75, 3.05) is 13.7 Å². The molecule has 0 atom stereocenters. The Labute approximate surface area is 97.7 Å². The summed E-state index contributed by atoms with van der Waals surface area (Å²) in [4.78, 5) is 11.0. The lowest BCUT2D eigenvalue weighted by molar-refractivity contribution is -0.136. The third kappa shape index (κ3) is 3.55. The molecule has 5 heteroatoms. The first-order valence-corrected chi connectivity index (χ1v) is 4.88. The van der Waals surface area contributed by atoms with Crippen LogP contribution >= 0.6 is 0 Å². The van der Waals surface area contributed by atoms with E-state index in [-0.39, 0.29) is 6.61 Å². The van der Waals surface area contributed by atoms with E-state index >= 15 is 0 Å². The van der Waals surface area contributed by atoms with Crippen LogP contribution in [0.4, 0.5) is 8.78 Å². The van der Waals surface area contributed by atoms with Crippen LogP contribution in [0.15, 0.2) is 29.8 Å². The molecule has 0 heterocycles. The maximum absolute atomic E-state index is 13.1. The third-order valence-corrected chi connectivity index (χ3v) is 2.04. The Morgan fingerprint density at radius 1 is 1.35 bits per heavy atom. The maximum Gasteiger partial charge on any atom is 0.333 e. The number of carbonyl (C=O) groups is 1. The second-order valence-corrected chi connectivity index (χ2v) is 3.24. The van der Waals surface area contributed by atoms with Gasteiger partial charge in [0.15, 0.2) is 17.4 Å². The summed E-state index contributed by atoms with van der Waals surface area (Å²) in [5.74, 6) is -2.53. The van der Waals surface area contributed by atoms with Gasteiger partial charge in [0.2, 0.25) is 0 Å². The van der Waals surface area contributed by atoms with Gasteiger partial charge in [0.05, 0.1) is 7.11 Å². The molecule has 0 aliphatic rings. The SMILES string of the molecule is COC(=O)/C(C)=C/COc1c(F)cccc1F. The van der Waals surface area contributed by atoms with Crippen LogP contribution in [0.1, 0.15) is 6.92 Å². The van der Waals surface area contributed by atoms with Gasteiger partial charge in [-0.3, -0.25) is 0 Å². The van der Waals surface area contributed by atoms with Crippen molar-refractivity contribution < 1.29 is 23.0 Å². The van der Waals surface area contributed by atoms with Crippen LogP contribution in [0.2, 0.25) is 0 Å². The number of hydrogen-bond acceptors (Lipinski definition) is 3. The van der Waals surface area contributed by atoms with Gasteiger partial charge in [-0.1, -0.05) is 6.07 Å². The van der Waals surface area contributed by atoms with E-state index in [1.807, 2.05) is 0 Å². The molecule has 0 aliphatic heterocycles. The average Bonchev–Trinajstić information content (AvgIpc) is 2.31. The quantitative estimate of drug-likeness (QED) is 0.601. The number of esters is 1. The molecular weight excluding hydrogens is 230 g/mol. The Bertz CT molecular complexity index is 421. The lowest BCUT2D eigenvalue weighted by Gasteiger charge is -2.06. The highest BCUT2D eigenvalue weighted by atomic mass is 19.1. The van der Waals surface area contributed by atoms with E-state index < -0.39 is 23.4 Å². The van der Waals surface area contributed by atoms with E-state index in [9.17, 15) is 13.6 Å². The van der Waals surface area contributed by atoms with E-state index in [1.54, 1.807) is 0 Å². The molecule has 1 rings (SSSR count). The zero-order chi connectivity index (χ0) is 12.8. The van der Waals surface area contributed by atoms with E-state index in [0.29, 0.717) is 5.57 Å². The van der Waals surface area contributed by atoms with Crippen molar-refractivity contribution in [1.29, 1.82) is 0 Å². The molecule has 1 aromatic rings. The Morgan fingerprint density at radius 2 is 1.94 bits per heavy atom. The summed E-state index contributed by atoms with van der Waals surface area (Å²) >= 11 is 0. The fourth-order valence-electron chi connectivity index (χ4n) is 1.11. The van der Waals surface area contributed by atoms with Gasteiger partial charge in [-0.2, -0.15) is 0 Å². The summed E-state index contributed by atoms with van der Waals surface area (Å²) in [5.41, 5.74) is 0.309. The van der Waals surface area contributed by atoms with Crippen LogP contribution in [0.3, 0.4) is 0 Å². The van der Waals surface area contributed by atoms with Crippen molar-refractivity contribution in [3.05, 3.63) is 41.5 Å². The number of rotatable bonds is 4. The van der Waals surface area contributed by atoms with Crippen LogP contribution in [0.25, 0.3) is 0 Å². The molecule has 0 aliphatic carbocycles. The topological polar surface area (TPSA) is 35.5 Å². The molecule has 0 bridgehead atoms. The van der Waals surface area contributed by atoms with Crippen LogP contribution in [0.5, 0.6) is 5.75 Å². The fraction of sp³-hybridized carbons (Fsp3) is 0.250. The molecule has 3 nitrogen and oxygen atoms in total. The summed E-state index contributed by atoms with van der Waals surface area (Å²) in [6, 6.07) is 3.43. The standard InChI is InChI=1S/C12H12F2O3/c1-8(12(15)16-2)6-7-17-11-9(13)4-3-5-10(11)14/h3-6H,7H2,1-2H3/b8-6+. The summed E-state index contributed by atoms with van der Waals surface area (Å²) in [6.07, 6.45) is 1.39. The first-order valence-electron chi connectivity index (χ1n) is 4.88. The van der Waals surface area contributed by atoms with E-state index in [4.69, 9.17) is 4.74 Å². The summed E-state index contributed by atoms with van der Waals surface area (Å²) < 4.78 is 35.6. The fourth-order valence-corrected chi connectivity index (χ4v) is 1.11. The molecule has 0 amide bonds. The van der Waals surface area contributed by atoms with Crippen molar-refractivity contribution in [2.24, 2.45) is 0 Å². The summed E-state index contributed by atoms with van der Waals surface area (Å²) in [6.45, 7) is 1.41. The monoisotopic (exact) mass is 242 g/mol. The number of carbonyl (C=O) groups excluding carboxylic acids is 1. The molecule has 17 heavy (non-hydrogen) atoms. The number of hydrogen-bond donors (Lipinski definition) is 0. The highest BCUT2D eigenvalue weighted by molar-refractivity contribution is 5.87. The van der Waals surface area contributed by atoms with Crippen LogP contribution in [-0.4, -0.2) is 19.7 Å². The van der Waals surface area contributed by atoms with Crippen molar-refractivity contribution in [2.45, 2.75) is 6.92 Å². The van der Waals surface area contributed by atoms with E-state index in [0.717, 1.165) is 12.1 Å². The number of benzene rings is 1. The molecule has 0 N–H and O–H groups in total. The molecule has 1 aromatic carbocycles. The normalized spacial score (nSPS) is 11.2. The molecule has 0 aromatic heterocycles. The van der Waals surface area contributed by atoms with Crippen LogP contribution in [-0.2, 0) is 9.53 Å². The molecule has 0 saturated carbocycles. The number of ether oxygens (including phenoxy) is 2. The summed E-state index contributed by atoms with van der Waals surface area (Å²) in [5, 5.41) is 0. The predicted octanol–water partition coefficient (Wildman–Crippen LogP) is 2.46. The van der Waals surface area contributed by atoms with Crippen LogP contribution < -0.4 is 4.74 Å². The largest absolute Gasteiger partial charge is 0.483 e. The van der Waals surface area contributed by atoms with Crippen molar-refractivity contribution in [3.8, 4) is 5.75 Å². The minimum Gasteiger partial charge on any atom is -0.483 e.